The molecule has 0 spiro atoms. The van der Waals surface area contributed by atoms with Crippen LogP contribution >= 0.6 is 58.8 Å². The topological polar surface area (TPSA) is 58.6 Å². The average molecular weight is 530 g/mol. The van der Waals surface area contributed by atoms with Crippen molar-refractivity contribution in [1.82, 2.24) is 10.2 Å². The predicted molar refractivity (Wildman–Crippen MR) is 135 cm³/mol. The largest absolute Gasteiger partial charge is 0.466 e. The highest BCUT2D eigenvalue weighted by atomic mass is 35.6. The van der Waals surface area contributed by atoms with Crippen LogP contribution in [-0.4, -0.2) is 37.6 Å². The zero-order valence-electron chi connectivity index (χ0n) is 17.1. The molecule has 0 aromatic heterocycles. The summed E-state index contributed by atoms with van der Waals surface area (Å²) in [7, 11) is 0. The zero-order valence-corrected chi connectivity index (χ0v) is 21.0. The molecule has 1 aliphatic rings. The summed E-state index contributed by atoms with van der Waals surface area (Å²) in [5, 5.41) is 2.60. The minimum atomic E-state index is -1.91. The molecule has 1 N–H and O–H groups in total. The lowest BCUT2D eigenvalue weighted by Crippen LogP contribution is -2.47. The molecule has 1 aliphatic heterocycles. The second-order valence-corrected chi connectivity index (χ2v) is 10.9. The number of hydrogen-bond donors (Lipinski definition) is 1. The molecule has 168 valence electrons. The Bertz CT molecular complexity index is 1050. The molecule has 0 bridgehead atoms. The number of aryl methyl sites for hydroxylation is 1. The van der Waals surface area contributed by atoms with E-state index in [4.69, 9.17) is 51.8 Å². The van der Waals surface area contributed by atoms with E-state index in [9.17, 15) is 9.59 Å². The van der Waals surface area contributed by atoms with Crippen LogP contribution in [0.5, 0.6) is 5.75 Å². The van der Waals surface area contributed by atoms with Gasteiger partial charge in [0, 0.05) is 12.1 Å². The molecule has 2 aromatic carbocycles. The number of thioether (sulfide) groups is 1. The van der Waals surface area contributed by atoms with Crippen molar-refractivity contribution in [3.8, 4) is 5.75 Å². The number of rotatable bonds is 6. The van der Waals surface area contributed by atoms with E-state index in [1.807, 2.05) is 26.0 Å². The van der Waals surface area contributed by atoms with Gasteiger partial charge in [0.1, 0.15) is 10.1 Å². The SMILES string of the molecule is CCN1C(=O)C(=Cc2ccc(OC(NC(=O)c3ccc(C)cc3)C(Cl)(Cl)Cl)cc2)SC1=S. The maximum absolute atomic E-state index is 12.5. The Morgan fingerprint density at radius 2 is 1.81 bits per heavy atom. The molecule has 1 saturated heterocycles. The molecule has 2 amide bonds. The summed E-state index contributed by atoms with van der Waals surface area (Å²) < 4.78 is 4.37. The number of likely N-dealkylation sites (N-methyl/N-ethyl adjacent to an activating group) is 1. The lowest BCUT2D eigenvalue weighted by Gasteiger charge is -2.26. The predicted octanol–water partition coefficient (Wildman–Crippen LogP) is 5.72. The first-order valence-electron chi connectivity index (χ1n) is 9.55. The van der Waals surface area contributed by atoms with Crippen molar-refractivity contribution in [3.05, 3.63) is 70.1 Å². The van der Waals surface area contributed by atoms with Crippen LogP contribution in [0.15, 0.2) is 53.4 Å². The van der Waals surface area contributed by atoms with Gasteiger partial charge < -0.3 is 10.1 Å². The summed E-state index contributed by atoms with van der Waals surface area (Å²) in [5.41, 5.74) is 2.22. The monoisotopic (exact) mass is 528 g/mol. The highest BCUT2D eigenvalue weighted by Crippen LogP contribution is 2.34. The van der Waals surface area contributed by atoms with Crippen LogP contribution in [0.4, 0.5) is 0 Å². The van der Waals surface area contributed by atoms with Crippen molar-refractivity contribution in [1.29, 1.82) is 0 Å². The van der Waals surface area contributed by atoms with E-state index < -0.39 is 15.9 Å². The summed E-state index contributed by atoms with van der Waals surface area (Å²) in [6.07, 6.45) is 0.526. The molecule has 0 saturated carbocycles. The van der Waals surface area contributed by atoms with Crippen LogP contribution in [-0.2, 0) is 4.79 Å². The maximum Gasteiger partial charge on any atom is 0.266 e. The van der Waals surface area contributed by atoms with Crippen molar-refractivity contribution in [3.63, 3.8) is 0 Å². The molecule has 3 rings (SSSR count). The number of ether oxygens (including phenoxy) is 1. The van der Waals surface area contributed by atoms with Gasteiger partial charge in [0.05, 0.1) is 4.91 Å². The average Bonchev–Trinajstić information content (AvgIpc) is 3.00. The summed E-state index contributed by atoms with van der Waals surface area (Å²) in [4.78, 5) is 27.0. The first-order valence-corrected chi connectivity index (χ1v) is 11.9. The highest BCUT2D eigenvalue weighted by Gasteiger charge is 2.36. The number of amides is 2. The van der Waals surface area contributed by atoms with Crippen LogP contribution in [0.2, 0.25) is 0 Å². The second-order valence-electron chi connectivity index (χ2n) is 6.87. The maximum atomic E-state index is 12.5. The Balaban J connectivity index is 1.72. The summed E-state index contributed by atoms with van der Waals surface area (Å²) >= 11 is 24.6. The van der Waals surface area contributed by atoms with Gasteiger partial charge in [-0.1, -0.05) is 88.6 Å². The van der Waals surface area contributed by atoms with Gasteiger partial charge in [0.2, 0.25) is 10.0 Å². The number of alkyl halides is 3. The number of carbonyl (C=O) groups excluding carboxylic acids is 2. The van der Waals surface area contributed by atoms with Gasteiger partial charge >= 0.3 is 0 Å². The number of nitrogens with zero attached hydrogens (tertiary/aromatic N) is 1. The molecule has 1 heterocycles. The molecule has 1 fully saturated rings. The number of benzene rings is 2. The first-order chi connectivity index (χ1) is 15.1. The number of hydrogen-bond acceptors (Lipinski definition) is 5. The zero-order chi connectivity index (χ0) is 23.5. The van der Waals surface area contributed by atoms with Gasteiger partial charge in [0.15, 0.2) is 0 Å². The Morgan fingerprint density at radius 1 is 1.19 bits per heavy atom. The van der Waals surface area contributed by atoms with E-state index in [1.54, 1.807) is 47.4 Å². The molecule has 1 atom stereocenters. The lowest BCUT2D eigenvalue weighted by atomic mass is 10.1. The molecule has 1 unspecified atom stereocenters. The summed E-state index contributed by atoms with van der Waals surface area (Å²) in [5.74, 6) is -0.169. The van der Waals surface area contributed by atoms with Crippen LogP contribution in [0, 0.1) is 6.92 Å². The van der Waals surface area contributed by atoms with Crippen molar-refractivity contribution in [2.45, 2.75) is 23.9 Å². The van der Waals surface area contributed by atoms with Crippen molar-refractivity contribution in [2.24, 2.45) is 0 Å². The number of halogens is 3. The van der Waals surface area contributed by atoms with Gasteiger partial charge in [-0.05, 0) is 49.8 Å². The van der Waals surface area contributed by atoms with E-state index in [0.717, 1.165) is 11.1 Å². The van der Waals surface area contributed by atoms with E-state index in [0.29, 0.717) is 27.1 Å². The molecular weight excluding hydrogens is 511 g/mol. The Kier molecular flexibility index (Phi) is 8.11. The molecule has 32 heavy (non-hydrogen) atoms. The fraction of sp³-hybridized carbons (Fsp3) is 0.227. The number of carbonyl (C=O) groups is 2. The van der Waals surface area contributed by atoms with Crippen LogP contribution < -0.4 is 10.1 Å². The van der Waals surface area contributed by atoms with Gasteiger partial charge in [-0.15, -0.1) is 0 Å². The van der Waals surface area contributed by atoms with Gasteiger partial charge in [-0.25, -0.2) is 0 Å². The van der Waals surface area contributed by atoms with Crippen molar-refractivity contribution < 1.29 is 14.3 Å². The standard InChI is InChI=1S/C22H19Cl3N2O3S2/c1-3-27-19(29)17(32-21(27)31)12-14-6-10-16(11-7-14)30-20(22(23,24)25)26-18(28)15-8-4-13(2)5-9-15/h4-12,20H,3H2,1-2H3,(H,26,28). The number of nitrogens with one attached hydrogen (secondary N) is 1. The Hall–Kier alpha value is -1.77. The van der Waals surface area contributed by atoms with E-state index in [-0.39, 0.29) is 5.91 Å². The minimum Gasteiger partial charge on any atom is -0.466 e. The lowest BCUT2D eigenvalue weighted by molar-refractivity contribution is -0.121. The molecule has 0 radical (unpaired) electrons. The fourth-order valence-electron chi connectivity index (χ4n) is 2.79. The molecule has 0 aliphatic carbocycles. The third-order valence-electron chi connectivity index (χ3n) is 4.49. The molecule has 2 aromatic rings. The third kappa shape index (κ3) is 6.17. The Labute approximate surface area is 211 Å². The molecule has 5 nitrogen and oxygen atoms in total. The third-order valence-corrected chi connectivity index (χ3v) is 6.47. The van der Waals surface area contributed by atoms with Crippen LogP contribution in [0.1, 0.15) is 28.4 Å². The quantitative estimate of drug-likeness (QED) is 0.224. The smallest absolute Gasteiger partial charge is 0.266 e. The van der Waals surface area contributed by atoms with Crippen LogP contribution in [0.25, 0.3) is 6.08 Å². The van der Waals surface area contributed by atoms with E-state index in [2.05, 4.69) is 5.32 Å². The number of thiocarbonyl (C=S) groups is 1. The fourth-order valence-corrected chi connectivity index (χ4v) is 4.47. The van der Waals surface area contributed by atoms with Gasteiger partial charge in [0.25, 0.3) is 11.8 Å². The van der Waals surface area contributed by atoms with Gasteiger partial charge in [-0.3, -0.25) is 14.5 Å². The normalized spacial score (nSPS) is 16.4. The second kappa shape index (κ2) is 10.4. The van der Waals surface area contributed by atoms with Crippen LogP contribution in [0.3, 0.4) is 0 Å². The summed E-state index contributed by atoms with van der Waals surface area (Å²) in [6, 6.07) is 13.8. The van der Waals surface area contributed by atoms with Gasteiger partial charge in [-0.2, -0.15) is 0 Å². The van der Waals surface area contributed by atoms with Crippen molar-refractivity contribution in [2.75, 3.05) is 6.54 Å². The highest BCUT2D eigenvalue weighted by molar-refractivity contribution is 8.26. The molecular formula is C22H19Cl3N2O3S2. The van der Waals surface area contributed by atoms with E-state index in [1.165, 1.54) is 11.8 Å². The summed E-state index contributed by atoms with van der Waals surface area (Å²) in [6.45, 7) is 4.32. The van der Waals surface area contributed by atoms with Crippen molar-refractivity contribution >= 4 is 81.0 Å². The molecule has 10 heteroatoms. The first kappa shape index (κ1) is 24.9. The minimum absolute atomic E-state index is 0.113. The Morgan fingerprint density at radius 3 is 2.34 bits per heavy atom. The van der Waals surface area contributed by atoms with E-state index >= 15 is 0 Å².